The first-order chi connectivity index (χ1) is 13.0. The largest absolute Gasteiger partial charge is 0.370 e. The predicted molar refractivity (Wildman–Crippen MR) is 104 cm³/mol. The van der Waals surface area contributed by atoms with Crippen molar-refractivity contribution >= 4 is 22.5 Å². The third-order valence-corrected chi connectivity index (χ3v) is 5.23. The van der Waals surface area contributed by atoms with Gasteiger partial charge in [-0.2, -0.15) is 5.26 Å². The van der Waals surface area contributed by atoms with Crippen LogP contribution in [-0.4, -0.2) is 30.5 Å². The van der Waals surface area contributed by atoms with Crippen molar-refractivity contribution < 1.29 is 9.18 Å². The number of carbonyl (C=O) groups is 1. The fourth-order valence-electron chi connectivity index (χ4n) is 3.74. The number of carbonyl (C=O) groups excluding carboxylic acids is 1. The molecular formula is C21H25FN4O. The van der Waals surface area contributed by atoms with Crippen molar-refractivity contribution in [1.82, 2.24) is 10.3 Å². The van der Waals surface area contributed by atoms with E-state index in [1.54, 1.807) is 6.20 Å². The molecule has 0 bridgehead atoms. The summed E-state index contributed by atoms with van der Waals surface area (Å²) in [5, 5.41) is 13.2. The monoisotopic (exact) mass is 368 g/mol. The second kappa shape index (κ2) is 8.34. The van der Waals surface area contributed by atoms with Gasteiger partial charge in [-0.15, -0.1) is 0 Å². The van der Waals surface area contributed by atoms with Gasteiger partial charge in [0.05, 0.1) is 16.8 Å². The van der Waals surface area contributed by atoms with Crippen LogP contribution in [0.2, 0.25) is 0 Å². The number of nitrogens with one attached hydrogen (secondary N) is 1. The lowest BCUT2D eigenvalue weighted by Crippen LogP contribution is -2.41. The Hall–Kier alpha value is -2.68. The Kier molecular flexibility index (Phi) is 5.90. The summed E-state index contributed by atoms with van der Waals surface area (Å²) in [6, 6.07) is 5.10. The Balaban J connectivity index is 1.83. The molecule has 1 aliphatic heterocycles. The van der Waals surface area contributed by atoms with E-state index in [2.05, 4.69) is 28.2 Å². The summed E-state index contributed by atoms with van der Waals surface area (Å²) in [5.74, 6) is -0.219. The number of pyridine rings is 1. The Labute approximate surface area is 159 Å². The number of benzene rings is 1. The maximum absolute atomic E-state index is 14.0. The Bertz CT molecular complexity index is 882. The molecule has 0 saturated carbocycles. The van der Waals surface area contributed by atoms with E-state index in [1.165, 1.54) is 12.1 Å². The zero-order valence-electron chi connectivity index (χ0n) is 15.9. The van der Waals surface area contributed by atoms with Gasteiger partial charge < -0.3 is 10.2 Å². The first-order valence-electron chi connectivity index (χ1n) is 9.56. The minimum Gasteiger partial charge on any atom is -0.370 e. The van der Waals surface area contributed by atoms with Crippen LogP contribution in [0.4, 0.5) is 10.1 Å². The third kappa shape index (κ3) is 4.02. The molecular weight excluding hydrogens is 343 g/mol. The maximum atomic E-state index is 14.0. The minimum absolute atomic E-state index is 0.00443. The molecule has 0 atom stereocenters. The van der Waals surface area contributed by atoms with Crippen molar-refractivity contribution in [2.45, 2.75) is 39.5 Å². The van der Waals surface area contributed by atoms with Crippen LogP contribution < -0.4 is 10.2 Å². The van der Waals surface area contributed by atoms with E-state index < -0.39 is 0 Å². The first kappa shape index (κ1) is 19.1. The van der Waals surface area contributed by atoms with Gasteiger partial charge in [0, 0.05) is 37.1 Å². The summed E-state index contributed by atoms with van der Waals surface area (Å²) in [7, 11) is 0. The molecule has 3 rings (SSSR count). The third-order valence-electron chi connectivity index (χ3n) is 5.23. The topological polar surface area (TPSA) is 69.0 Å². The SMILES string of the molecule is CCCCNC(=O)C1CCN(c2c(C#N)cnc3c(C)cc(F)cc23)CC1. The van der Waals surface area contributed by atoms with Crippen LogP contribution >= 0.6 is 0 Å². The molecule has 6 heteroatoms. The molecule has 142 valence electrons. The van der Waals surface area contributed by atoms with Gasteiger partial charge in [-0.3, -0.25) is 9.78 Å². The van der Waals surface area contributed by atoms with Crippen LogP contribution in [0.5, 0.6) is 0 Å². The van der Waals surface area contributed by atoms with E-state index in [0.29, 0.717) is 29.6 Å². The molecule has 1 saturated heterocycles. The molecule has 27 heavy (non-hydrogen) atoms. The molecule has 1 aromatic carbocycles. The maximum Gasteiger partial charge on any atom is 0.223 e. The summed E-state index contributed by atoms with van der Waals surface area (Å²) in [4.78, 5) is 18.7. The number of halogens is 1. The van der Waals surface area contributed by atoms with E-state index in [-0.39, 0.29) is 17.6 Å². The number of nitriles is 1. The van der Waals surface area contributed by atoms with Gasteiger partial charge in [0.2, 0.25) is 5.91 Å². The minimum atomic E-state index is -0.330. The highest BCUT2D eigenvalue weighted by Gasteiger charge is 2.27. The molecule has 1 amide bonds. The van der Waals surface area contributed by atoms with Crippen LogP contribution in [0.3, 0.4) is 0 Å². The van der Waals surface area contributed by atoms with E-state index in [0.717, 1.165) is 43.5 Å². The average Bonchev–Trinajstić information content (AvgIpc) is 2.67. The molecule has 0 unspecified atom stereocenters. The van der Waals surface area contributed by atoms with Crippen LogP contribution in [0, 0.1) is 30.0 Å². The lowest BCUT2D eigenvalue weighted by Gasteiger charge is -2.34. The number of hydrogen-bond donors (Lipinski definition) is 1. The summed E-state index contributed by atoms with van der Waals surface area (Å²) in [5.41, 5.74) is 2.64. The van der Waals surface area contributed by atoms with Crippen LogP contribution in [0.1, 0.15) is 43.7 Å². The van der Waals surface area contributed by atoms with Gasteiger partial charge in [0.15, 0.2) is 0 Å². The number of aryl methyl sites for hydroxylation is 1. The molecule has 1 aromatic heterocycles. The zero-order valence-corrected chi connectivity index (χ0v) is 15.9. The van der Waals surface area contributed by atoms with Gasteiger partial charge >= 0.3 is 0 Å². The van der Waals surface area contributed by atoms with Crippen LogP contribution in [0.25, 0.3) is 10.9 Å². The standard InChI is InChI=1S/C21H25FN4O/c1-3-4-7-24-21(27)15-5-8-26(9-6-15)20-16(12-23)13-25-19-14(2)10-17(22)11-18(19)20/h10-11,13,15H,3-9H2,1-2H3,(H,24,27). The summed E-state index contributed by atoms with van der Waals surface area (Å²) >= 11 is 0. The van der Waals surface area contributed by atoms with Crippen molar-refractivity contribution in [3.63, 3.8) is 0 Å². The first-order valence-corrected chi connectivity index (χ1v) is 9.56. The molecule has 1 aliphatic rings. The number of hydrogen-bond acceptors (Lipinski definition) is 4. The molecule has 2 heterocycles. The highest BCUT2D eigenvalue weighted by Crippen LogP contribution is 2.34. The Morgan fingerprint density at radius 3 is 2.81 bits per heavy atom. The van der Waals surface area contributed by atoms with Crippen molar-refractivity contribution in [2.75, 3.05) is 24.5 Å². The summed E-state index contributed by atoms with van der Waals surface area (Å²) < 4.78 is 14.0. The Morgan fingerprint density at radius 2 is 2.15 bits per heavy atom. The number of aromatic nitrogens is 1. The number of nitrogens with zero attached hydrogens (tertiary/aromatic N) is 3. The number of rotatable bonds is 5. The van der Waals surface area contributed by atoms with Crippen molar-refractivity contribution in [1.29, 1.82) is 5.26 Å². The fraction of sp³-hybridized carbons (Fsp3) is 0.476. The molecule has 0 aliphatic carbocycles. The van der Waals surface area contributed by atoms with Crippen molar-refractivity contribution in [3.8, 4) is 6.07 Å². The van der Waals surface area contributed by atoms with Gasteiger partial charge in [0.25, 0.3) is 0 Å². The molecule has 5 nitrogen and oxygen atoms in total. The summed E-state index contributed by atoms with van der Waals surface area (Å²) in [6.45, 7) is 5.97. The highest BCUT2D eigenvalue weighted by atomic mass is 19.1. The second-order valence-corrected chi connectivity index (χ2v) is 7.16. The van der Waals surface area contributed by atoms with Gasteiger partial charge in [-0.1, -0.05) is 13.3 Å². The van der Waals surface area contributed by atoms with E-state index in [4.69, 9.17) is 0 Å². The molecule has 1 N–H and O–H groups in total. The van der Waals surface area contributed by atoms with Gasteiger partial charge in [-0.05, 0) is 43.9 Å². The van der Waals surface area contributed by atoms with E-state index in [9.17, 15) is 14.4 Å². The zero-order chi connectivity index (χ0) is 19.4. The van der Waals surface area contributed by atoms with Crippen LogP contribution in [-0.2, 0) is 4.79 Å². The molecule has 2 aromatic rings. The van der Waals surface area contributed by atoms with E-state index >= 15 is 0 Å². The number of piperidine rings is 1. The number of amides is 1. The second-order valence-electron chi connectivity index (χ2n) is 7.16. The van der Waals surface area contributed by atoms with Gasteiger partial charge in [-0.25, -0.2) is 4.39 Å². The number of unbranched alkanes of at least 4 members (excludes halogenated alkanes) is 1. The molecule has 0 radical (unpaired) electrons. The van der Waals surface area contributed by atoms with Crippen LogP contribution in [0.15, 0.2) is 18.3 Å². The number of anilines is 1. The number of fused-ring (bicyclic) bond motifs is 1. The molecule has 0 spiro atoms. The lowest BCUT2D eigenvalue weighted by atomic mass is 9.94. The lowest BCUT2D eigenvalue weighted by molar-refractivity contribution is -0.125. The highest BCUT2D eigenvalue weighted by molar-refractivity contribution is 5.96. The summed E-state index contributed by atoms with van der Waals surface area (Å²) in [6.07, 6.45) is 5.05. The fourth-order valence-corrected chi connectivity index (χ4v) is 3.74. The average molecular weight is 368 g/mol. The molecule has 1 fully saturated rings. The normalized spacial score (nSPS) is 15.0. The Morgan fingerprint density at radius 1 is 1.41 bits per heavy atom. The van der Waals surface area contributed by atoms with E-state index in [1.807, 2.05) is 6.92 Å². The van der Waals surface area contributed by atoms with Crippen molar-refractivity contribution in [2.24, 2.45) is 5.92 Å². The quantitative estimate of drug-likeness (QED) is 0.817. The smallest absolute Gasteiger partial charge is 0.223 e. The van der Waals surface area contributed by atoms with Gasteiger partial charge in [0.1, 0.15) is 11.9 Å². The predicted octanol–water partition coefficient (Wildman–Crippen LogP) is 3.69. The van der Waals surface area contributed by atoms with Crippen molar-refractivity contribution in [3.05, 3.63) is 35.3 Å².